The molecule has 0 bridgehead atoms. The van der Waals surface area contributed by atoms with Crippen LogP contribution < -0.4 is 0 Å². The van der Waals surface area contributed by atoms with Gasteiger partial charge in [0.15, 0.2) is 0 Å². The zero-order valence-corrected chi connectivity index (χ0v) is 18.2. The predicted molar refractivity (Wildman–Crippen MR) is 120 cm³/mol. The topological polar surface area (TPSA) is 52.6 Å². The number of ether oxygens (including phenoxy) is 2. The van der Waals surface area contributed by atoms with Crippen molar-refractivity contribution in [3.05, 3.63) is 71.8 Å². The Bertz CT molecular complexity index is 677. The molecular weight excluding hydrogens is 376 g/mol. The van der Waals surface area contributed by atoms with Crippen LogP contribution in [0.5, 0.6) is 0 Å². The summed E-state index contributed by atoms with van der Waals surface area (Å²) >= 11 is 0. The van der Waals surface area contributed by atoms with Crippen molar-refractivity contribution in [1.82, 2.24) is 0 Å². The summed E-state index contributed by atoms with van der Waals surface area (Å²) in [6, 6.07) is 18.2. The van der Waals surface area contributed by atoms with Crippen molar-refractivity contribution in [2.45, 2.75) is 77.4 Å². The number of esters is 2. The Morgan fingerprint density at radius 2 is 0.933 bits per heavy atom. The van der Waals surface area contributed by atoms with Crippen molar-refractivity contribution in [1.29, 1.82) is 0 Å². The minimum absolute atomic E-state index is 0.0575. The van der Waals surface area contributed by atoms with Crippen molar-refractivity contribution < 1.29 is 19.1 Å². The average molecular weight is 411 g/mol. The first-order valence-corrected chi connectivity index (χ1v) is 11.1. The van der Waals surface area contributed by atoms with Crippen molar-refractivity contribution in [3.8, 4) is 0 Å². The zero-order valence-electron chi connectivity index (χ0n) is 18.2. The normalized spacial score (nSPS) is 12.7. The lowest BCUT2D eigenvalue weighted by Crippen LogP contribution is -2.15. The van der Waals surface area contributed by atoms with Gasteiger partial charge in [-0.1, -0.05) is 62.1 Å². The molecule has 0 amide bonds. The van der Waals surface area contributed by atoms with Gasteiger partial charge in [0.2, 0.25) is 0 Å². The van der Waals surface area contributed by atoms with Gasteiger partial charge in [-0.2, -0.15) is 0 Å². The second kappa shape index (κ2) is 13.6. The first-order chi connectivity index (χ1) is 14.6. The molecule has 0 heterocycles. The molecule has 2 rings (SSSR count). The highest BCUT2D eigenvalue weighted by Crippen LogP contribution is 2.14. The molecule has 2 aromatic carbocycles. The SMILES string of the molecule is C[C@@H](CCCCCCCC[C@H](C)OC(=O)c1ccccc1)OC(=O)c1ccccc1. The van der Waals surface area contributed by atoms with Crippen LogP contribution in [0.1, 0.15) is 85.9 Å². The minimum Gasteiger partial charge on any atom is -0.459 e. The fraction of sp³-hybridized carbons (Fsp3) is 0.462. The van der Waals surface area contributed by atoms with Gasteiger partial charge in [-0.25, -0.2) is 9.59 Å². The zero-order chi connectivity index (χ0) is 21.6. The lowest BCUT2D eigenvalue weighted by atomic mass is 10.1. The monoisotopic (exact) mass is 410 g/mol. The Morgan fingerprint density at radius 3 is 1.30 bits per heavy atom. The van der Waals surface area contributed by atoms with Gasteiger partial charge in [0.1, 0.15) is 0 Å². The third-order valence-electron chi connectivity index (χ3n) is 5.11. The molecule has 0 unspecified atom stereocenters. The molecule has 0 saturated heterocycles. The van der Waals surface area contributed by atoms with Gasteiger partial charge < -0.3 is 9.47 Å². The van der Waals surface area contributed by atoms with E-state index in [1.54, 1.807) is 24.3 Å². The molecule has 2 aromatic rings. The molecule has 0 spiro atoms. The lowest BCUT2D eigenvalue weighted by molar-refractivity contribution is 0.0307. The maximum atomic E-state index is 12.0. The van der Waals surface area contributed by atoms with E-state index in [1.807, 2.05) is 50.2 Å². The summed E-state index contributed by atoms with van der Waals surface area (Å²) < 4.78 is 11.0. The molecule has 162 valence electrons. The summed E-state index contributed by atoms with van der Waals surface area (Å²) in [5.41, 5.74) is 1.21. The van der Waals surface area contributed by atoms with Gasteiger partial charge in [-0.05, 0) is 63.8 Å². The minimum atomic E-state index is -0.245. The standard InChI is InChI=1S/C26H34O4/c1-21(29-25(27)23-17-11-7-12-18-23)15-9-5-3-4-6-10-16-22(2)30-26(28)24-19-13-8-14-20-24/h7-8,11-14,17-22H,3-6,9-10,15-16H2,1-2H3/t21-,22-/m0/s1. The number of carbonyl (C=O) groups excluding carboxylic acids is 2. The average Bonchev–Trinajstić information content (AvgIpc) is 2.76. The molecule has 0 aromatic heterocycles. The lowest BCUT2D eigenvalue weighted by Gasteiger charge is -2.14. The Morgan fingerprint density at radius 1 is 0.600 bits per heavy atom. The van der Waals surface area contributed by atoms with Crippen LogP contribution >= 0.6 is 0 Å². The van der Waals surface area contributed by atoms with Crippen LogP contribution in [0.15, 0.2) is 60.7 Å². The Labute approximate surface area is 180 Å². The van der Waals surface area contributed by atoms with Crippen LogP contribution in [0.2, 0.25) is 0 Å². The molecule has 0 aliphatic rings. The van der Waals surface area contributed by atoms with E-state index in [2.05, 4.69) is 0 Å². The molecule has 0 N–H and O–H groups in total. The maximum Gasteiger partial charge on any atom is 0.338 e. The summed E-state index contributed by atoms with van der Waals surface area (Å²) in [6.07, 6.45) is 8.45. The predicted octanol–water partition coefficient (Wildman–Crippen LogP) is 6.60. The number of hydrogen-bond donors (Lipinski definition) is 0. The largest absolute Gasteiger partial charge is 0.459 e. The first-order valence-electron chi connectivity index (χ1n) is 11.1. The van der Waals surface area contributed by atoms with Gasteiger partial charge in [0.05, 0.1) is 23.3 Å². The second-order valence-corrected chi connectivity index (χ2v) is 7.86. The molecular formula is C26H34O4. The second-order valence-electron chi connectivity index (χ2n) is 7.86. The third-order valence-corrected chi connectivity index (χ3v) is 5.11. The molecule has 0 aliphatic heterocycles. The van der Waals surface area contributed by atoms with Crippen LogP contribution in [0, 0.1) is 0 Å². The highest BCUT2D eigenvalue weighted by molar-refractivity contribution is 5.89. The van der Waals surface area contributed by atoms with Crippen molar-refractivity contribution >= 4 is 11.9 Å². The summed E-state index contributed by atoms with van der Waals surface area (Å²) in [5.74, 6) is -0.490. The highest BCUT2D eigenvalue weighted by atomic mass is 16.5. The van der Waals surface area contributed by atoms with E-state index in [9.17, 15) is 9.59 Å². The Hall–Kier alpha value is -2.62. The summed E-state index contributed by atoms with van der Waals surface area (Å²) in [7, 11) is 0. The molecule has 0 fully saturated rings. The highest BCUT2D eigenvalue weighted by Gasteiger charge is 2.12. The van der Waals surface area contributed by atoms with Crippen molar-refractivity contribution in [2.24, 2.45) is 0 Å². The number of hydrogen-bond acceptors (Lipinski definition) is 4. The van der Waals surface area contributed by atoms with Gasteiger partial charge in [-0.15, -0.1) is 0 Å². The molecule has 4 heteroatoms. The Kier molecular flexibility index (Phi) is 10.7. The van der Waals surface area contributed by atoms with Crippen LogP contribution in [-0.4, -0.2) is 24.1 Å². The number of unbranched alkanes of at least 4 members (excludes halogenated alkanes) is 5. The van der Waals surface area contributed by atoms with Gasteiger partial charge in [-0.3, -0.25) is 0 Å². The van der Waals surface area contributed by atoms with E-state index in [4.69, 9.17) is 9.47 Å². The molecule has 0 radical (unpaired) electrons. The Balaban J connectivity index is 1.46. The smallest absolute Gasteiger partial charge is 0.338 e. The fourth-order valence-corrected chi connectivity index (χ4v) is 3.34. The van der Waals surface area contributed by atoms with Crippen LogP contribution in [0.4, 0.5) is 0 Å². The van der Waals surface area contributed by atoms with E-state index >= 15 is 0 Å². The first kappa shape index (κ1) is 23.7. The van der Waals surface area contributed by atoms with Crippen LogP contribution in [0.25, 0.3) is 0 Å². The van der Waals surface area contributed by atoms with E-state index < -0.39 is 0 Å². The maximum absolute atomic E-state index is 12.0. The quantitative estimate of drug-likeness (QED) is 0.276. The van der Waals surface area contributed by atoms with E-state index in [1.165, 1.54) is 12.8 Å². The van der Waals surface area contributed by atoms with Gasteiger partial charge in [0, 0.05) is 0 Å². The number of rotatable bonds is 13. The van der Waals surface area contributed by atoms with Crippen molar-refractivity contribution in [2.75, 3.05) is 0 Å². The molecule has 2 atom stereocenters. The van der Waals surface area contributed by atoms with Gasteiger partial charge >= 0.3 is 11.9 Å². The fourth-order valence-electron chi connectivity index (χ4n) is 3.34. The summed E-state index contributed by atoms with van der Waals surface area (Å²) in [4.78, 5) is 24.0. The molecule has 4 nitrogen and oxygen atoms in total. The van der Waals surface area contributed by atoms with E-state index in [-0.39, 0.29) is 24.1 Å². The third kappa shape index (κ3) is 9.25. The number of benzene rings is 2. The molecule has 0 saturated carbocycles. The summed E-state index contributed by atoms with van der Waals surface area (Å²) in [5, 5.41) is 0. The van der Waals surface area contributed by atoms with E-state index in [0.29, 0.717) is 11.1 Å². The molecule has 0 aliphatic carbocycles. The van der Waals surface area contributed by atoms with Crippen LogP contribution in [0.3, 0.4) is 0 Å². The molecule has 30 heavy (non-hydrogen) atoms. The summed E-state index contributed by atoms with van der Waals surface area (Å²) in [6.45, 7) is 3.91. The van der Waals surface area contributed by atoms with E-state index in [0.717, 1.165) is 38.5 Å². The van der Waals surface area contributed by atoms with Crippen LogP contribution in [-0.2, 0) is 9.47 Å². The van der Waals surface area contributed by atoms with Crippen molar-refractivity contribution in [3.63, 3.8) is 0 Å². The number of carbonyl (C=O) groups is 2. The van der Waals surface area contributed by atoms with Gasteiger partial charge in [0.25, 0.3) is 0 Å².